The molecule has 1 aromatic carbocycles. The van der Waals surface area contributed by atoms with Gasteiger partial charge in [0, 0.05) is 12.6 Å². The van der Waals surface area contributed by atoms with Gasteiger partial charge in [0.05, 0.1) is 13.2 Å². The molecule has 0 amide bonds. The molecule has 2 fully saturated rings. The molecule has 3 heteroatoms. The number of benzene rings is 1. The zero-order chi connectivity index (χ0) is 20.4. The van der Waals surface area contributed by atoms with Crippen molar-refractivity contribution < 1.29 is 9.84 Å². The van der Waals surface area contributed by atoms with Crippen LogP contribution in [0.2, 0.25) is 0 Å². The van der Waals surface area contributed by atoms with Gasteiger partial charge in [-0.05, 0) is 91.4 Å². The number of allylic oxidation sites excluding steroid dienone is 1. The Hall–Kier alpha value is -1.32. The lowest BCUT2D eigenvalue weighted by Gasteiger charge is -2.49. The molecule has 3 nitrogen and oxygen atoms in total. The van der Waals surface area contributed by atoms with Gasteiger partial charge in [0.25, 0.3) is 0 Å². The fourth-order valence-electron chi connectivity index (χ4n) is 6.04. The van der Waals surface area contributed by atoms with Gasteiger partial charge in [0.2, 0.25) is 0 Å². The van der Waals surface area contributed by atoms with Crippen LogP contribution in [0.1, 0.15) is 76.3 Å². The minimum atomic E-state index is 0.300. The summed E-state index contributed by atoms with van der Waals surface area (Å²) in [6.45, 7) is 9.75. The van der Waals surface area contributed by atoms with Crippen LogP contribution >= 0.6 is 0 Å². The number of phenolic OH excluding ortho intramolecular Hbond substituents is 1. The third-order valence-electron chi connectivity index (χ3n) is 7.87. The predicted molar refractivity (Wildman–Crippen MR) is 119 cm³/mol. The summed E-state index contributed by atoms with van der Waals surface area (Å²) in [6.07, 6.45) is 11.1. The Kier molecular flexibility index (Phi) is 6.36. The minimum absolute atomic E-state index is 0.300. The number of rotatable bonds is 8. The maximum Gasteiger partial charge on any atom is 0.115 e. The van der Waals surface area contributed by atoms with E-state index in [0.717, 1.165) is 44.6 Å². The molecule has 0 saturated heterocycles. The quantitative estimate of drug-likeness (QED) is 0.444. The van der Waals surface area contributed by atoms with Crippen molar-refractivity contribution in [2.24, 2.45) is 17.3 Å². The monoisotopic (exact) mass is 397 g/mol. The lowest BCUT2D eigenvalue weighted by atomic mass is 9.55. The number of fused-ring (bicyclic) bond motifs is 3. The van der Waals surface area contributed by atoms with E-state index in [1.54, 1.807) is 5.57 Å². The molecule has 0 aliphatic heterocycles. The van der Waals surface area contributed by atoms with Crippen LogP contribution in [0.5, 0.6) is 5.75 Å². The predicted octanol–water partition coefficient (Wildman–Crippen LogP) is 5.58. The first-order valence-electron chi connectivity index (χ1n) is 11.8. The Labute approximate surface area is 176 Å². The van der Waals surface area contributed by atoms with Crippen LogP contribution in [0.25, 0.3) is 0 Å². The van der Waals surface area contributed by atoms with Crippen LogP contribution in [0, 0.1) is 17.3 Å². The van der Waals surface area contributed by atoms with Gasteiger partial charge in [-0.15, -0.1) is 0 Å². The van der Waals surface area contributed by atoms with Crippen molar-refractivity contribution in [2.45, 2.75) is 77.7 Å². The molecule has 4 unspecified atom stereocenters. The number of aromatic hydroxyl groups is 1. The van der Waals surface area contributed by atoms with Crippen molar-refractivity contribution in [2.75, 3.05) is 19.8 Å². The van der Waals surface area contributed by atoms with Crippen molar-refractivity contribution in [1.82, 2.24) is 5.32 Å². The average Bonchev–Trinajstić information content (AvgIpc) is 3.52. The lowest BCUT2D eigenvalue weighted by Crippen LogP contribution is -2.38. The van der Waals surface area contributed by atoms with Crippen LogP contribution in [0.3, 0.4) is 0 Å². The molecule has 4 atom stereocenters. The van der Waals surface area contributed by atoms with Gasteiger partial charge in [-0.1, -0.05) is 38.5 Å². The summed E-state index contributed by atoms with van der Waals surface area (Å²) < 4.78 is 5.90. The summed E-state index contributed by atoms with van der Waals surface area (Å²) in [5.74, 6) is 2.49. The van der Waals surface area contributed by atoms with Crippen molar-refractivity contribution in [3.05, 3.63) is 41.0 Å². The largest absolute Gasteiger partial charge is 0.508 e. The summed E-state index contributed by atoms with van der Waals surface area (Å²) in [5.41, 5.74) is 4.77. The summed E-state index contributed by atoms with van der Waals surface area (Å²) in [5, 5.41) is 13.4. The van der Waals surface area contributed by atoms with E-state index in [1.807, 2.05) is 12.1 Å². The van der Waals surface area contributed by atoms with E-state index in [9.17, 15) is 5.11 Å². The molecule has 1 aromatic rings. The third-order valence-corrected chi connectivity index (χ3v) is 7.87. The summed E-state index contributed by atoms with van der Waals surface area (Å²) in [7, 11) is 0. The number of ether oxygens (including phenoxy) is 1. The van der Waals surface area contributed by atoms with Crippen molar-refractivity contribution in [3.8, 4) is 5.75 Å². The molecule has 0 spiro atoms. The Morgan fingerprint density at radius 3 is 2.90 bits per heavy atom. The van der Waals surface area contributed by atoms with Gasteiger partial charge in [-0.2, -0.15) is 0 Å². The van der Waals surface area contributed by atoms with Gasteiger partial charge in [0.15, 0.2) is 0 Å². The molecule has 4 rings (SSSR count). The van der Waals surface area contributed by atoms with E-state index < -0.39 is 0 Å². The van der Waals surface area contributed by atoms with Gasteiger partial charge in [-0.25, -0.2) is 0 Å². The van der Waals surface area contributed by atoms with Crippen molar-refractivity contribution in [3.63, 3.8) is 0 Å². The van der Waals surface area contributed by atoms with Gasteiger partial charge < -0.3 is 15.2 Å². The standard InChI is InChI=1S/C26H39NO2/c1-4-20(10-13-29-14-12-27-21-5-6-21)26(3)11-9-24-23-8-7-22(28)16-19(23)15-18(2)25(24)17-26/h7-8,10,16,18,21,24-25,27-28H,4-6,9,11-15,17H2,1-3H3. The van der Waals surface area contributed by atoms with Crippen LogP contribution < -0.4 is 5.32 Å². The molecular weight excluding hydrogens is 358 g/mol. The normalized spacial score (nSPS) is 32.0. The number of hydrogen-bond donors (Lipinski definition) is 2. The van der Waals surface area contributed by atoms with E-state index in [1.165, 1.54) is 43.2 Å². The minimum Gasteiger partial charge on any atom is -0.508 e. The van der Waals surface area contributed by atoms with Gasteiger partial charge in [-0.3, -0.25) is 0 Å². The Bertz CT molecular complexity index is 738. The zero-order valence-corrected chi connectivity index (χ0v) is 18.5. The Morgan fingerprint density at radius 1 is 1.31 bits per heavy atom. The topological polar surface area (TPSA) is 41.5 Å². The van der Waals surface area contributed by atoms with E-state index in [0.29, 0.717) is 23.0 Å². The van der Waals surface area contributed by atoms with Gasteiger partial charge >= 0.3 is 0 Å². The Morgan fingerprint density at radius 2 is 2.14 bits per heavy atom. The summed E-state index contributed by atoms with van der Waals surface area (Å²) in [4.78, 5) is 0. The summed E-state index contributed by atoms with van der Waals surface area (Å²) >= 11 is 0. The first-order chi connectivity index (χ1) is 14.0. The maximum absolute atomic E-state index is 9.90. The molecular formula is C26H39NO2. The second-order valence-electron chi connectivity index (χ2n) is 10.0. The molecule has 2 saturated carbocycles. The second-order valence-corrected chi connectivity index (χ2v) is 10.0. The van der Waals surface area contributed by atoms with Crippen molar-refractivity contribution >= 4 is 0 Å². The van der Waals surface area contributed by atoms with E-state index in [4.69, 9.17) is 4.74 Å². The van der Waals surface area contributed by atoms with Crippen LogP contribution in [0.4, 0.5) is 0 Å². The number of hydrogen-bond acceptors (Lipinski definition) is 3. The molecule has 29 heavy (non-hydrogen) atoms. The fourth-order valence-corrected chi connectivity index (χ4v) is 6.04. The first kappa shape index (κ1) is 20.9. The number of phenols is 1. The van der Waals surface area contributed by atoms with Crippen LogP contribution in [-0.2, 0) is 11.2 Å². The molecule has 160 valence electrons. The Balaban J connectivity index is 1.39. The highest BCUT2D eigenvalue weighted by molar-refractivity contribution is 5.40. The van der Waals surface area contributed by atoms with Crippen LogP contribution in [0.15, 0.2) is 29.8 Å². The second kappa shape index (κ2) is 8.81. The molecule has 2 N–H and O–H groups in total. The highest BCUT2D eigenvalue weighted by atomic mass is 16.5. The highest BCUT2D eigenvalue weighted by Gasteiger charge is 2.44. The average molecular weight is 398 g/mol. The molecule has 3 aliphatic carbocycles. The summed E-state index contributed by atoms with van der Waals surface area (Å²) in [6, 6.07) is 6.84. The number of nitrogens with one attached hydrogen (secondary N) is 1. The SMILES string of the molecule is CCC(=CCOCCNC1CC1)C1(C)CCC2c3ccc(O)cc3CC(C)C2C1. The highest BCUT2D eigenvalue weighted by Crippen LogP contribution is 2.56. The third kappa shape index (κ3) is 4.72. The maximum atomic E-state index is 9.90. The molecule has 0 aromatic heterocycles. The molecule has 0 bridgehead atoms. The lowest BCUT2D eigenvalue weighted by molar-refractivity contribution is 0.114. The molecule has 0 radical (unpaired) electrons. The van der Waals surface area contributed by atoms with E-state index >= 15 is 0 Å². The van der Waals surface area contributed by atoms with E-state index in [-0.39, 0.29) is 0 Å². The molecule has 0 heterocycles. The van der Waals surface area contributed by atoms with Gasteiger partial charge in [0.1, 0.15) is 5.75 Å². The van der Waals surface area contributed by atoms with E-state index in [2.05, 4.69) is 38.2 Å². The zero-order valence-electron chi connectivity index (χ0n) is 18.5. The van der Waals surface area contributed by atoms with Crippen LogP contribution in [-0.4, -0.2) is 30.9 Å². The van der Waals surface area contributed by atoms with Crippen molar-refractivity contribution in [1.29, 1.82) is 0 Å². The molecule has 3 aliphatic rings. The fraction of sp³-hybridized carbons (Fsp3) is 0.692. The first-order valence-corrected chi connectivity index (χ1v) is 11.8. The smallest absolute Gasteiger partial charge is 0.115 e.